The summed E-state index contributed by atoms with van der Waals surface area (Å²) in [6.07, 6.45) is -4.41. The number of halogens is 3. The van der Waals surface area contributed by atoms with E-state index in [-0.39, 0.29) is 5.69 Å². The van der Waals surface area contributed by atoms with E-state index in [9.17, 15) is 13.2 Å². The highest BCUT2D eigenvalue weighted by atomic mass is 19.4. The first-order valence-electron chi connectivity index (χ1n) is 6.41. The van der Waals surface area contributed by atoms with E-state index in [0.717, 1.165) is 28.5 Å². The highest BCUT2D eigenvalue weighted by molar-refractivity contribution is 5.97. The number of nitrogens with two attached hydrogens (primary N) is 1. The van der Waals surface area contributed by atoms with Gasteiger partial charge in [-0.05, 0) is 40.1 Å². The van der Waals surface area contributed by atoms with Crippen molar-refractivity contribution < 1.29 is 13.2 Å². The average molecular weight is 287 g/mol. The lowest BCUT2D eigenvalue weighted by Gasteiger charge is -2.12. The molecule has 0 atom stereocenters. The molecular weight excluding hydrogens is 275 g/mol. The third-order valence-electron chi connectivity index (χ3n) is 3.38. The third kappa shape index (κ3) is 2.57. The highest BCUT2D eigenvalue weighted by Crippen LogP contribution is 2.36. The SMILES string of the molecule is Nc1cc(-c2cccc3ccccc23)cc(C(F)(F)F)c1. The Bertz CT molecular complexity index is 801. The lowest BCUT2D eigenvalue weighted by Crippen LogP contribution is -2.06. The molecule has 1 nitrogen and oxygen atoms in total. The molecule has 0 aliphatic heterocycles. The number of nitrogen functional groups attached to an aromatic ring is 1. The Morgan fingerprint density at radius 2 is 1.52 bits per heavy atom. The topological polar surface area (TPSA) is 26.0 Å². The summed E-state index contributed by atoms with van der Waals surface area (Å²) < 4.78 is 38.8. The molecular formula is C17H12F3N. The van der Waals surface area contributed by atoms with E-state index in [1.165, 1.54) is 0 Å². The summed E-state index contributed by atoms with van der Waals surface area (Å²) in [6.45, 7) is 0. The molecule has 0 aromatic heterocycles. The Balaban J connectivity index is 2.26. The van der Waals surface area contributed by atoms with Crippen LogP contribution in [0.2, 0.25) is 0 Å². The second-order valence-corrected chi connectivity index (χ2v) is 4.87. The van der Waals surface area contributed by atoms with Crippen LogP contribution in [0.4, 0.5) is 18.9 Å². The number of anilines is 1. The summed E-state index contributed by atoms with van der Waals surface area (Å²) in [4.78, 5) is 0. The smallest absolute Gasteiger partial charge is 0.399 e. The van der Waals surface area contributed by atoms with Crippen molar-refractivity contribution in [1.82, 2.24) is 0 Å². The monoisotopic (exact) mass is 287 g/mol. The molecule has 0 aliphatic carbocycles. The minimum Gasteiger partial charge on any atom is -0.399 e. The Morgan fingerprint density at radius 1 is 0.810 bits per heavy atom. The maximum atomic E-state index is 12.9. The van der Waals surface area contributed by atoms with Crippen molar-refractivity contribution in [3.63, 3.8) is 0 Å². The van der Waals surface area contributed by atoms with E-state index in [0.29, 0.717) is 5.56 Å². The van der Waals surface area contributed by atoms with Gasteiger partial charge >= 0.3 is 6.18 Å². The molecule has 0 amide bonds. The van der Waals surface area contributed by atoms with Gasteiger partial charge in [0.25, 0.3) is 0 Å². The van der Waals surface area contributed by atoms with Crippen LogP contribution in [0.1, 0.15) is 5.56 Å². The van der Waals surface area contributed by atoms with Crippen molar-refractivity contribution in [1.29, 1.82) is 0 Å². The Labute approximate surface area is 119 Å². The maximum absolute atomic E-state index is 12.9. The standard InChI is InChI=1S/C17H12F3N/c18-17(19,20)13-8-12(9-14(21)10-13)16-7-3-5-11-4-1-2-6-15(11)16/h1-10H,21H2. The fourth-order valence-electron chi connectivity index (χ4n) is 2.45. The van der Waals surface area contributed by atoms with Crippen LogP contribution in [0, 0.1) is 0 Å². The number of hydrogen-bond acceptors (Lipinski definition) is 1. The molecule has 3 rings (SSSR count). The first kappa shape index (κ1) is 13.5. The molecule has 106 valence electrons. The number of hydrogen-bond donors (Lipinski definition) is 1. The van der Waals surface area contributed by atoms with Crippen LogP contribution in [-0.4, -0.2) is 0 Å². The molecule has 0 saturated heterocycles. The van der Waals surface area contributed by atoms with Crippen LogP contribution >= 0.6 is 0 Å². The fourth-order valence-corrected chi connectivity index (χ4v) is 2.45. The van der Waals surface area contributed by atoms with Crippen LogP contribution in [0.15, 0.2) is 60.7 Å². The van der Waals surface area contributed by atoms with Crippen LogP contribution in [-0.2, 0) is 6.18 Å². The summed E-state index contributed by atoms with van der Waals surface area (Å²) in [5.74, 6) is 0. The lowest BCUT2D eigenvalue weighted by molar-refractivity contribution is -0.137. The largest absolute Gasteiger partial charge is 0.416 e. The molecule has 2 N–H and O–H groups in total. The van der Waals surface area contributed by atoms with Gasteiger partial charge in [-0.3, -0.25) is 0 Å². The molecule has 3 aromatic rings. The zero-order valence-electron chi connectivity index (χ0n) is 11.0. The third-order valence-corrected chi connectivity index (χ3v) is 3.38. The van der Waals surface area contributed by atoms with Crippen molar-refractivity contribution in [3.8, 4) is 11.1 Å². The maximum Gasteiger partial charge on any atom is 0.416 e. The van der Waals surface area contributed by atoms with Crippen molar-refractivity contribution >= 4 is 16.5 Å². The zero-order chi connectivity index (χ0) is 15.0. The molecule has 0 saturated carbocycles. The van der Waals surface area contributed by atoms with E-state index in [1.54, 1.807) is 12.1 Å². The molecule has 0 heterocycles. The Morgan fingerprint density at radius 3 is 2.29 bits per heavy atom. The normalized spacial score (nSPS) is 11.8. The van der Waals surface area contributed by atoms with Gasteiger partial charge in [0.1, 0.15) is 0 Å². The minimum absolute atomic E-state index is 0.104. The van der Waals surface area contributed by atoms with Gasteiger partial charge in [0, 0.05) is 5.69 Å². The second-order valence-electron chi connectivity index (χ2n) is 4.87. The lowest BCUT2D eigenvalue weighted by atomic mass is 9.96. The van der Waals surface area contributed by atoms with Crippen LogP contribution in [0.3, 0.4) is 0 Å². The molecule has 0 aliphatic rings. The minimum atomic E-state index is -4.41. The van der Waals surface area contributed by atoms with Crippen molar-refractivity contribution in [2.24, 2.45) is 0 Å². The summed E-state index contributed by atoms with van der Waals surface area (Å²) in [6, 6.07) is 16.8. The molecule has 3 aromatic carbocycles. The number of rotatable bonds is 1. The molecule has 0 spiro atoms. The second kappa shape index (κ2) is 4.81. The Hall–Kier alpha value is -2.49. The van der Waals surface area contributed by atoms with Gasteiger partial charge in [0.05, 0.1) is 5.56 Å². The molecule has 4 heteroatoms. The summed E-state index contributed by atoms with van der Waals surface area (Å²) in [5, 5.41) is 1.88. The average Bonchev–Trinajstić information content (AvgIpc) is 2.45. The van der Waals surface area contributed by atoms with E-state index < -0.39 is 11.7 Å². The summed E-state index contributed by atoms with van der Waals surface area (Å²) in [5.41, 5.74) is 6.22. The zero-order valence-corrected chi connectivity index (χ0v) is 11.0. The molecule has 0 unspecified atom stereocenters. The van der Waals surface area contributed by atoms with Crippen molar-refractivity contribution in [2.75, 3.05) is 5.73 Å². The van der Waals surface area contributed by atoms with Crippen LogP contribution in [0.25, 0.3) is 21.9 Å². The van der Waals surface area contributed by atoms with Crippen LogP contribution in [0.5, 0.6) is 0 Å². The predicted octanol–water partition coefficient (Wildman–Crippen LogP) is 5.11. The van der Waals surface area contributed by atoms with Gasteiger partial charge in [0.15, 0.2) is 0 Å². The van der Waals surface area contributed by atoms with E-state index in [4.69, 9.17) is 5.73 Å². The predicted molar refractivity (Wildman–Crippen MR) is 78.8 cm³/mol. The van der Waals surface area contributed by atoms with Gasteiger partial charge in [-0.25, -0.2) is 0 Å². The van der Waals surface area contributed by atoms with Gasteiger partial charge in [-0.1, -0.05) is 42.5 Å². The van der Waals surface area contributed by atoms with Crippen molar-refractivity contribution in [3.05, 3.63) is 66.2 Å². The Kier molecular flexibility index (Phi) is 3.09. The van der Waals surface area contributed by atoms with E-state index in [2.05, 4.69) is 0 Å². The number of fused-ring (bicyclic) bond motifs is 1. The van der Waals surface area contributed by atoms with Gasteiger partial charge in [-0.15, -0.1) is 0 Å². The number of benzene rings is 3. The molecule has 0 radical (unpaired) electrons. The molecule has 0 fully saturated rings. The van der Waals surface area contributed by atoms with Crippen LogP contribution < -0.4 is 5.73 Å². The fraction of sp³-hybridized carbons (Fsp3) is 0.0588. The van der Waals surface area contributed by atoms with Gasteiger partial charge < -0.3 is 5.73 Å². The van der Waals surface area contributed by atoms with E-state index in [1.807, 2.05) is 36.4 Å². The summed E-state index contributed by atoms with van der Waals surface area (Å²) in [7, 11) is 0. The summed E-state index contributed by atoms with van der Waals surface area (Å²) >= 11 is 0. The highest BCUT2D eigenvalue weighted by Gasteiger charge is 2.31. The van der Waals surface area contributed by atoms with E-state index >= 15 is 0 Å². The molecule has 0 bridgehead atoms. The quantitative estimate of drug-likeness (QED) is 0.618. The molecule has 21 heavy (non-hydrogen) atoms. The van der Waals surface area contributed by atoms with Gasteiger partial charge in [0.2, 0.25) is 0 Å². The first-order valence-corrected chi connectivity index (χ1v) is 6.41. The number of alkyl halides is 3. The van der Waals surface area contributed by atoms with Gasteiger partial charge in [-0.2, -0.15) is 13.2 Å². The van der Waals surface area contributed by atoms with Crippen molar-refractivity contribution in [2.45, 2.75) is 6.18 Å². The first-order chi connectivity index (χ1) is 9.95.